The zero-order valence-electron chi connectivity index (χ0n) is 11.1. The molecule has 1 amide bonds. The maximum absolute atomic E-state index is 11.8. The predicted octanol–water partition coefficient (Wildman–Crippen LogP) is 2.47. The van der Waals surface area contributed by atoms with Crippen LogP contribution in [0.2, 0.25) is 0 Å². The number of methoxy groups -OCH3 is 1. The smallest absolute Gasteiger partial charge is 0.337 e. The number of carboxylic acid groups (broad SMARTS) is 1. The van der Waals surface area contributed by atoms with E-state index in [0.29, 0.717) is 12.2 Å². The van der Waals surface area contributed by atoms with Gasteiger partial charge in [0.05, 0.1) is 18.4 Å². The summed E-state index contributed by atoms with van der Waals surface area (Å²) < 4.78 is 4.97. The highest BCUT2D eigenvalue weighted by Crippen LogP contribution is 2.22. The lowest BCUT2D eigenvalue weighted by Gasteiger charge is -2.12. The van der Waals surface area contributed by atoms with Crippen LogP contribution in [-0.2, 0) is 4.79 Å². The van der Waals surface area contributed by atoms with Crippen molar-refractivity contribution < 1.29 is 19.4 Å². The van der Waals surface area contributed by atoms with Gasteiger partial charge >= 0.3 is 5.97 Å². The van der Waals surface area contributed by atoms with E-state index in [1.807, 2.05) is 13.2 Å². The van der Waals surface area contributed by atoms with Gasteiger partial charge < -0.3 is 15.2 Å². The molecule has 5 nitrogen and oxygen atoms in total. The molecule has 1 atom stereocenters. The Kier molecular flexibility index (Phi) is 5.69. The number of carbonyl (C=O) groups excluding carboxylic acids is 1. The van der Waals surface area contributed by atoms with Crippen molar-refractivity contribution in [3.8, 4) is 5.75 Å². The summed E-state index contributed by atoms with van der Waals surface area (Å²) >= 11 is 1.58. The van der Waals surface area contributed by atoms with Gasteiger partial charge in [-0.15, -0.1) is 0 Å². The molecule has 0 aliphatic carbocycles. The van der Waals surface area contributed by atoms with E-state index in [0.717, 1.165) is 0 Å². The van der Waals surface area contributed by atoms with Crippen molar-refractivity contribution in [1.82, 2.24) is 0 Å². The van der Waals surface area contributed by atoms with Crippen LogP contribution in [0.3, 0.4) is 0 Å². The van der Waals surface area contributed by atoms with Gasteiger partial charge in [0, 0.05) is 11.7 Å². The van der Waals surface area contributed by atoms with E-state index in [2.05, 4.69) is 5.32 Å². The molecule has 0 saturated heterocycles. The quantitative estimate of drug-likeness (QED) is 0.838. The van der Waals surface area contributed by atoms with E-state index in [4.69, 9.17) is 9.84 Å². The van der Waals surface area contributed by atoms with E-state index >= 15 is 0 Å². The van der Waals surface area contributed by atoms with Gasteiger partial charge in [-0.2, -0.15) is 11.8 Å². The number of carbonyl (C=O) groups is 2. The zero-order valence-corrected chi connectivity index (χ0v) is 11.9. The number of amides is 1. The summed E-state index contributed by atoms with van der Waals surface area (Å²) in [5, 5.41) is 11.9. The fourth-order valence-electron chi connectivity index (χ4n) is 1.48. The second-order valence-corrected chi connectivity index (χ2v) is 5.29. The molecule has 0 bridgehead atoms. The molecule has 2 N–H and O–H groups in total. The van der Waals surface area contributed by atoms with Crippen molar-refractivity contribution in [1.29, 1.82) is 0 Å². The monoisotopic (exact) mass is 283 g/mol. The summed E-state index contributed by atoms with van der Waals surface area (Å²) in [6.45, 7) is 1.94. The first-order valence-corrected chi connectivity index (χ1v) is 7.00. The Labute approximate surface area is 116 Å². The van der Waals surface area contributed by atoms with E-state index in [1.165, 1.54) is 19.2 Å². The largest absolute Gasteiger partial charge is 0.497 e. The number of thioether (sulfide) groups is 1. The highest BCUT2D eigenvalue weighted by Gasteiger charge is 2.15. The molecule has 1 aromatic rings. The minimum absolute atomic E-state index is 0.0181. The number of rotatable bonds is 6. The van der Waals surface area contributed by atoms with Crippen LogP contribution in [0, 0.1) is 0 Å². The molecule has 0 aromatic heterocycles. The first kappa shape index (κ1) is 15.4. The minimum Gasteiger partial charge on any atom is -0.497 e. The second kappa shape index (κ2) is 7.04. The molecule has 6 heteroatoms. The summed E-state index contributed by atoms with van der Waals surface area (Å²) in [5.74, 6) is -0.866. The third-order valence-corrected chi connectivity index (χ3v) is 3.58. The van der Waals surface area contributed by atoms with Crippen molar-refractivity contribution in [3.05, 3.63) is 23.8 Å². The molecular weight excluding hydrogens is 266 g/mol. The molecule has 1 unspecified atom stereocenters. The first-order chi connectivity index (χ1) is 8.97. The molecule has 0 spiro atoms. The number of anilines is 1. The molecule has 19 heavy (non-hydrogen) atoms. The van der Waals surface area contributed by atoms with Gasteiger partial charge in [-0.05, 0) is 24.5 Å². The number of aromatic carboxylic acids is 1. The molecule has 0 fully saturated rings. The topological polar surface area (TPSA) is 75.6 Å². The van der Waals surface area contributed by atoms with Crippen LogP contribution < -0.4 is 10.1 Å². The van der Waals surface area contributed by atoms with Gasteiger partial charge in [-0.3, -0.25) is 4.79 Å². The molecule has 0 aliphatic rings. The van der Waals surface area contributed by atoms with Gasteiger partial charge in [-0.1, -0.05) is 6.92 Å². The van der Waals surface area contributed by atoms with Crippen LogP contribution in [0.1, 0.15) is 23.7 Å². The maximum atomic E-state index is 11.8. The number of hydrogen-bond donors (Lipinski definition) is 2. The Morgan fingerprint density at radius 2 is 2.16 bits per heavy atom. The highest BCUT2D eigenvalue weighted by atomic mass is 32.2. The average Bonchev–Trinajstić information content (AvgIpc) is 2.38. The highest BCUT2D eigenvalue weighted by molar-refractivity contribution is 7.99. The number of hydrogen-bond acceptors (Lipinski definition) is 4. The third kappa shape index (κ3) is 4.48. The molecule has 0 radical (unpaired) electrons. The third-order valence-electron chi connectivity index (χ3n) is 2.61. The lowest BCUT2D eigenvalue weighted by molar-refractivity contribution is -0.116. The van der Waals surface area contributed by atoms with Crippen LogP contribution in [0.25, 0.3) is 0 Å². The first-order valence-electron chi connectivity index (χ1n) is 5.72. The van der Waals surface area contributed by atoms with Crippen molar-refractivity contribution in [2.45, 2.75) is 18.6 Å². The summed E-state index contributed by atoms with van der Waals surface area (Å²) in [6, 6.07) is 4.53. The molecule has 1 aromatic carbocycles. The normalized spacial score (nSPS) is 11.7. The Hall–Kier alpha value is -1.69. The van der Waals surface area contributed by atoms with E-state index < -0.39 is 5.97 Å². The average molecular weight is 283 g/mol. The summed E-state index contributed by atoms with van der Waals surface area (Å²) in [4.78, 5) is 22.9. The van der Waals surface area contributed by atoms with E-state index in [9.17, 15) is 9.59 Å². The lowest BCUT2D eigenvalue weighted by atomic mass is 10.1. The fraction of sp³-hybridized carbons (Fsp3) is 0.385. The minimum atomic E-state index is -1.10. The van der Waals surface area contributed by atoms with Gasteiger partial charge in [0.2, 0.25) is 5.91 Å². The second-order valence-electron chi connectivity index (χ2n) is 4.02. The maximum Gasteiger partial charge on any atom is 0.337 e. The molecule has 0 heterocycles. The van der Waals surface area contributed by atoms with Crippen molar-refractivity contribution in [2.75, 3.05) is 18.7 Å². The number of nitrogens with one attached hydrogen (secondary N) is 1. The Morgan fingerprint density at radius 1 is 1.47 bits per heavy atom. The summed E-state index contributed by atoms with van der Waals surface area (Å²) in [7, 11) is 1.46. The Morgan fingerprint density at radius 3 is 2.68 bits per heavy atom. The number of ether oxygens (including phenoxy) is 1. The molecule has 104 valence electrons. The summed E-state index contributed by atoms with van der Waals surface area (Å²) in [5.41, 5.74) is 0.302. The van der Waals surface area contributed by atoms with Gasteiger partial charge in [0.25, 0.3) is 0 Å². The van der Waals surface area contributed by atoms with Gasteiger partial charge in [0.15, 0.2) is 0 Å². The molecular formula is C13H17NO4S. The van der Waals surface area contributed by atoms with Gasteiger partial charge in [0.1, 0.15) is 5.75 Å². The van der Waals surface area contributed by atoms with E-state index in [1.54, 1.807) is 17.8 Å². The van der Waals surface area contributed by atoms with Crippen molar-refractivity contribution in [3.63, 3.8) is 0 Å². The van der Waals surface area contributed by atoms with Crippen LogP contribution in [-0.4, -0.2) is 35.6 Å². The SMILES string of the molecule is COc1ccc(NC(=O)CC(C)SC)c(C(=O)O)c1. The predicted molar refractivity (Wildman–Crippen MR) is 76.2 cm³/mol. The van der Waals surface area contributed by atoms with Crippen LogP contribution in [0.5, 0.6) is 5.75 Å². The molecule has 1 rings (SSSR count). The Bertz CT molecular complexity index is 476. The fourth-order valence-corrected chi connectivity index (χ4v) is 1.80. The van der Waals surface area contributed by atoms with Crippen molar-refractivity contribution >= 4 is 29.3 Å². The molecule has 0 saturated carbocycles. The zero-order chi connectivity index (χ0) is 14.4. The standard InChI is InChI=1S/C13H17NO4S/c1-8(19-3)6-12(15)14-11-5-4-9(18-2)7-10(11)13(16)17/h4-5,7-8H,6H2,1-3H3,(H,14,15)(H,16,17). The van der Waals surface area contributed by atoms with Crippen LogP contribution in [0.4, 0.5) is 5.69 Å². The van der Waals surface area contributed by atoms with Gasteiger partial charge in [-0.25, -0.2) is 4.79 Å². The lowest BCUT2D eigenvalue weighted by Crippen LogP contribution is -2.18. The number of carboxylic acids is 1. The summed E-state index contributed by atoms with van der Waals surface area (Å²) in [6.07, 6.45) is 2.26. The number of benzene rings is 1. The molecule has 0 aliphatic heterocycles. The Balaban J connectivity index is 2.88. The van der Waals surface area contributed by atoms with Crippen molar-refractivity contribution in [2.24, 2.45) is 0 Å². The van der Waals surface area contributed by atoms with E-state index in [-0.39, 0.29) is 22.4 Å². The van der Waals surface area contributed by atoms with Crippen LogP contribution >= 0.6 is 11.8 Å². The van der Waals surface area contributed by atoms with Crippen LogP contribution in [0.15, 0.2) is 18.2 Å².